The fraction of sp³-hybridized carbons (Fsp3) is 0.364. The van der Waals surface area contributed by atoms with Gasteiger partial charge in [-0.3, -0.25) is 0 Å². The Morgan fingerprint density at radius 3 is 2.29 bits per heavy atom. The summed E-state index contributed by atoms with van der Waals surface area (Å²) in [6.07, 6.45) is 3.42. The maximum atomic E-state index is 12.6. The van der Waals surface area contributed by atoms with Crippen molar-refractivity contribution in [2.24, 2.45) is 0 Å². The molecule has 0 radical (unpaired) electrons. The van der Waals surface area contributed by atoms with Crippen LogP contribution in [0, 0.1) is 0 Å². The zero-order valence-corrected chi connectivity index (χ0v) is 17.6. The van der Waals surface area contributed by atoms with E-state index in [4.69, 9.17) is 32.7 Å². The lowest BCUT2D eigenvalue weighted by molar-refractivity contribution is 0.0324. The quantitative estimate of drug-likeness (QED) is 0.335. The van der Waals surface area contributed by atoms with Crippen LogP contribution in [0.15, 0.2) is 42.5 Å². The van der Waals surface area contributed by atoms with E-state index in [-0.39, 0.29) is 11.1 Å². The molecular formula is C22H24Cl2O4. The van der Waals surface area contributed by atoms with Crippen LogP contribution in [0.3, 0.4) is 0 Å². The van der Waals surface area contributed by atoms with Gasteiger partial charge in [-0.25, -0.2) is 9.59 Å². The summed E-state index contributed by atoms with van der Waals surface area (Å²) in [5.41, 5.74) is 0.991. The van der Waals surface area contributed by atoms with Crippen LogP contribution in [-0.4, -0.2) is 18.5 Å². The molecule has 4 nitrogen and oxygen atoms in total. The van der Waals surface area contributed by atoms with Gasteiger partial charge in [0.15, 0.2) is 0 Å². The first-order valence-electron chi connectivity index (χ1n) is 9.36. The number of carbonyl (C=O) groups is 2. The molecule has 2 aromatic carbocycles. The first-order valence-corrected chi connectivity index (χ1v) is 10.1. The fourth-order valence-corrected chi connectivity index (χ4v) is 3.29. The molecule has 0 bridgehead atoms. The Bertz CT molecular complexity index is 820. The third kappa shape index (κ3) is 6.25. The number of carbonyl (C=O) groups excluding carboxylic acids is 2. The van der Waals surface area contributed by atoms with Gasteiger partial charge < -0.3 is 9.47 Å². The summed E-state index contributed by atoms with van der Waals surface area (Å²) in [5.74, 6) is -1.14. The van der Waals surface area contributed by atoms with Gasteiger partial charge in [0.25, 0.3) is 0 Å². The molecule has 0 aliphatic rings. The van der Waals surface area contributed by atoms with Gasteiger partial charge in [0, 0.05) is 15.6 Å². The second-order valence-electron chi connectivity index (χ2n) is 6.46. The highest BCUT2D eigenvalue weighted by atomic mass is 35.5. The van der Waals surface area contributed by atoms with Crippen LogP contribution in [-0.2, 0) is 9.47 Å². The molecule has 0 saturated carbocycles. The van der Waals surface area contributed by atoms with Gasteiger partial charge >= 0.3 is 11.9 Å². The summed E-state index contributed by atoms with van der Waals surface area (Å²) in [5, 5.41) is 0.909. The molecule has 0 fully saturated rings. The van der Waals surface area contributed by atoms with Crippen LogP contribution in [0.2, 0.25) is 10.0 Å². The average Bonchev–Trinajstić information content (AvgIpc) is 2.67. The highest BCUT2D eigenvalue weighted by Gasteiger charge is 2.22. The highest BCUT2D eigenvalue weighted by molar-refractivity contribution is 6.35. The zero-order chi connectivity index (χ0) is 20.5. The predicted molar refractivity (Wildman–Crippen MR) is 111 cm³/mol. The largest absolute Gasteiger partial charge is 0.462 e. The molecule has 0 saturated heterocycles. The summed E-state index contributed by atoms with van der Waals surface area (Å²) in [6.45, 7) is 4.16. The van der Waals surface area contributed by atoms with E-state index in [1.165, 1.54) is 0 Å². The Kier molecular flexibility index (Phi) is 8.81. The summed E-state index contributed by atoms with van der Waals surface area (Å²) in [4.78, 5) is 25.0. The fourth-order valence-electron chi connectivity index (χ4n) is 2.73. The molecule has 0 aliphatic heterocycles. The van der Waals surface area contributed by atoms with Gasteiger partial charge in [-0.2, -0.15) is 0 Å². The first-order chi connectivity index (χ1) is 13.4. The van der Waals surface area contributed by atoms with Crippen molar-refractivity contribution in [2.75, 3.05) is 6.61 Å². The summed E-state index contributed by atoms with van der Waals surface area (Å²) < 4.78 is 10.8. The highest BCUT2D eigenvalue weighted by Crippen LogP contribution is 2.29. The van der Waals surface area contributed by atoms with Gasteiger partial charge in [-0.05, 0) is 37.6 Å². The zero-order valence-electron chi connectivity index (χ0n) is 16.0. The van der Waals surface area contributed by atoms with Crippen molar-refractivity contribution in [2.45, 2.75) is 45.6 Å². The Hall–Kier alpha value is -2.04. The monoisotopic (exact) mass is 422 g/mol. The van der Waals surface area contributed by atoms with E-state index in [1.54, 1.807) is 49.4 Å². The average molecular weight is 423 g/mol. The second kappa shape index (κ2) is 11.1. The third-order valence-electron chi connectivity index (χ3n) is 4.28. The van der Waals surface area contributed by atoms with E-state index in [0.29, 0.717) is 22.2 Å². The molecule has 6 heteroatoms. The molecular weight excluding hydrogens is 399 g/mol. The molecule has 0 spiro atoms. The van der Waals surface area contributed by atoms with E-state index >= 15 is 0 Å². The van der Waals surface area contributed by atoms with Crippen molar-refractivity contribution in [3.05, 3.63) is 69.2 Å². The normalized spacial score (nSPS) is 11.7. The SMILES string of the molecule is CCCCCCOC(=O)c1ccccc1C(=O)OC(C)c1ccc(Cl)cc1Cl. The lowest BCUT2D eigenvalue weighted by atomic mass is 10.1. The smallest absolute Gasteiger partial charge is 0.339 e. The van der Waals surface area contributed by atoms with Gasteiger partial charge in [0.1, 0.15) is 6.10 Å². The van der Waals surface area contributed by atoms with Gasteiger partial charge in [0.2, 0.25) is 0 Å². The third-order valence-corrected chi connectivity index (χ3v) is 4.84. The predicted octanol–water partition coefficient (Wildman–Crippen LogP) is 6.65. The summed E-state index contributed by atoms with van der Waals surface area (Å²) in [7, 11) is 0. The van der Waals surface area contributed by atoms with E-state index in [0.717, 1.165) is 25.7 Å². The Morgan fingerprint density at radius 1 is 0.964 bits per heavy atom. The van der Waals surface area contributed by atoms with Crippen molar-refractivity contribution in [1.29, 1.82) is 0 Å². The second-order valence-corrected chi connectivity index (χ2v) is 7.30. The number of benzene rings is 2. The van der Waals surface area contributed by atoms with E-state index in [9.17, 15) is 9.59 Å². The lowest BCUT2D eigenvalue weighted by Crippen LogP contribution is -2.16. The Balaban J connectivity index is 2.06. The first kappa shape index (κ1) is 22.3. The van der Waals surface area contributed by atoms with Gasteiger partial charge in [-0.15, -0.1) is 0 Å². The van der Waals surface area contributed by atoms with Crippen molar-refractivity contribution in [3.63, 3.8) is 0 Å². The molecule has 0 aliphatic carbocycles. The standard InChI is InChI=1S/C22H24Cl2O4/c1-3-4-5-8-13-27-21(25)18-9-6-7-10-19(18)22(26)28-15(2)17-12-11-16(23)14-20(17)24/h6-7,9-12,14-15H,3-5,8,13H2,1-2H3. The van der Waals surface area contributed by atoms with E-state index < -0.39 is 18.0 Å². The van der Waals surface area contributed by atoms with Gasteiger partial charge in [0.05, 0.1) is 17.7 Å². The Morgan fingerprint density at radius 2 is 1.64 bits per heavy atom. The molecule has 0 amide bonds. The minimum Gasteiger partial charge on any atom is -0.462 e. The van der Waals surface area contributed by atoms with Crippen LogP contribution in [0.4, 0.5) is 0 Å². The number of ether oxygens (including phenoxy) is 2. The molecule has 150 valence electrons. The van der Waals surface area contributed by atoms with Crippen molar-refractivity contribution >= 4 is 35.1 Å². The van der Waals surface area contributed by atoms with Crippen molar-refractivity contribution in [1.82, 2.24) is 0 Å². The topological polar surface area (TPSA) is 52.6 Å². The molecule has 1 atom stereocenters. The molecule has 1 unspecified atom stereocenters. The summed E-state index contributed by atoms with van der Waals surface area (Å²) >= 11 is 12.1. The number of halogens is 2. The molecule has 2 aromatic rings. The van der Waals surface area contributed by atoms with Crippen LogP contribution in [0.1, 0.15) is 71.9 Å². The van der Waals surface area contributed by atoms with Crippen molar-refractivity contribution in [3.8, 4) is 0 Å². The van der Waals surface area contributed by atoms with Crippen LogP contribution >= 0.6 is 23.2 Å². The van der Waals surface area contributed by atoms with Crippen molar-refractivity contribution < 1.29 is 19.1 Å². The molecule has 0 N–H and O–H groups in total. The van der Waals surface area contributed by atoms with Crippen LogP contribution < -0.4 is 0 Å². The number of unbranched alkanes of at least 4 members (excludes halogenated alkanes) is 3. The van der Waals surface area contributed by atoms with Crippen LogP contribution in [0.25, 0.3) is 0 Å². The maximum Gasteiger partial charge on any atom is 0.339 e. The Labute approximate surface area is 175 Å². The minimum atomic E-state index is -0.614. The van der Waals surface area contributed by atoms with Gasteiger partial charge in [-0.1, -0.05) is 67.6 Å². The lowest BCUT2D eigenvalue weighted by Gasteiger charge is -2.16. The van der Waals surface area contributed by atoms with Crippen LogP contribution in [0.5, 0.6) is 0 Å². The van der Waals surface area contributed by atoms with E-state index in [1.807, 2.05) is 0 Å². The number of hydrogen-bond acceptors (Lipinski definition) is 4. The molecule has 2 rings (SSSR count). The number of esters is 2. The molecule has 28 heavy (non-hydrogen) atoms. The number of hydrogen-bond donors (Lipinski definition) is 0. The molecule has 0 aromatic heterocycles. The minimum absolute atomic E-state index is 0.165. The maximum absolute atomic E-state index is 12.6. The van der Waals surface area contributed by atoms with E-state index in [2.05, 4.69) is 6.92 Å². The number of rotatable bonds is 9. The summed E-state index contributed by atoms with van der Waals surface area (Å²) in [6, 6.07) is 11.4. The molecule has 0 heterocycles.